The summed E-state index contributed by atoms with van der Waals surface area (Å²) < 4.78 is 13.0. The van der Waals surface area contributed by atoms with Crippen molar-refractivity contribution in [2.24, 2.45) is 0 Å². The molecule has 21 heavy (non-hydrogen) atoms. The van der Waals surface area contributed by atoms with Gasteiger partial charge in [-0.1, -0.05) is 24.3 Å². The second-order valence-corrected chi connectivity index (χ2v) is 5.84. The average Bonchev–Trinajstić information content (AvgIpc) is 2.89. The summed E-state index contributed by atoms with van der Waals surface area (Å²) >= 11 is 0. The lowest BCUT2D eigenvalue weighted by Crippen LogP contribution is -2.30. The molecule has 1 atom stereocenters. The third kappa shape index (κ3) is 3.61. The fraction of sp³-hybridized carbons (Fsp3) is 0.333. The minimum absolute atomic E-state index is 0.165. The Morgan fingerprint density at radius 1 is 1.10 bits per heavy atom. The summed E-state index contributed by atoms with van der Waals surface area (Å²) in [6.45, 7) is 2.07. The van der Waals surface area contributed by atoms with Crippen LogP contribution in [0.4, 0.5) is 10.1 Å². The minimum Gasteiger partial charge on any atom is -0.399 e. The lowest BCUT2D eigenvalue weighted by molar-refractivity contribution is 0.244. The molecule has 0 bridgehead atoms. The van der Waals surface area contributed by atoms with Crippen molar-refractivity contribution >= 4 is 5.69 Å². The van der Waals surface area contributed by atoms with Crippen molar-refractivity contribution < 1.29 is 4.39 Å². The lowest BCUT2D eigenvalue weighted by Gasteiger charge is -2.24. The van der Waals surface area contributed by atoms with Gasteiger partial charge in [0, 0.05) is 18.3 Å². The summed E-state index contributed by atoms with van der Waals surface area (Å²) in [5, 5.41) is 0. The first kappa shape index (κ1) is 14.1. The van der Waals surface area contributed by atoms with E-state index in [1.807, 2.05) is 30.3 Å². The molecule has 2 N–H and O–H groups in total. The predicted molar refractivity (Wildman–Crippen MR) is 84.4 cm³/mol. The van der Waals surface area contributed by atoms with Crippen LogP contribution in [-0.4, -0.2) is 17.5 Å². The van der Waals surface area contributed by atoms with E-state index in [1.165, 1.54) is 24.0 Å². The number of hydrogen-bond acceptors (Lipinski definition) is 2. The van der Waals surface area contributed by atoms with Gasteiger partial charge in [-0.05, 0) is 61.2 Å². The van der Waals surface area contributed by atoms with Crippen LogP contribution in [-0.2, 0) is 13.0 Å². The van der Waals surface area contributed by atoms with Gasteiger partial charge in [-0.15, -0.1) is 0 Å². The second kappa shape index (κ2) is 6.27. The van der Waals surface area contributed by atoms with Gasteiger partial charge in [0.25, 0.3) is 0 Å². The molecule has 2 nitrogen and oxygen atoms in total. The van der Waals surface area contributed by atoms with Gasteiger partial charge in [0.1, 0.15) is 5.82 Å². The molecule has 110 valence electrons. The van der Waals surface area contributed by atoms with Crippen molar-refractivity contribution in [1.29, 1.82) is 0 Å². The standard InChI is InChI=1S/C18H21FN2/c19-16-8-6-14(7-9-16)12-18-5-2-10-21(18)13-15-3-1-4-17(20)11-15/h1,3-4,6-9,11,18H,2,5,10,12-13,20H2. The smallest absolute Gasteiger partial charge is 0.123 e. The predicted octanol–water partition coefficient (Wildman–Crippen LogP) is 3.62. The Balaban J connectivity index is 1.66. The molecule has 0 amide bonds. The maximum Gasteiger partial charge on any atom is 0.123 e. The third-order valence-corrected chi connectivity index (χ3v) is 4.22. The van der Waals surface area contributed by atoms with Crippen molar-refractivity contribution in [1.82, 2.24) is 4.90 Å². The number of likely N-dealkylation sites (tertiary alicyclic amines) is 1. The van der Waals surface area contributed by atoms with E-state index in [9.17, 15) is 4.39 Å². The Labute approximate surface area is 125 Å². The zero-order chi connectivity index (χ0) is 14.7. The van der Waals surface area contributed by atoms with E-state index < -0.39 is 0 Å². The summed E-state index contributed by atoms with van der Waals surface area (Å²) in [5.41, 5.74) is 9.15. The highest BCUT2D eigenvalue weighted by Crippen LogP contribution is 2.24. The first-order valence-electron chi connectivity index (χ1n) is 7.53. The molecule has 3 rings (SSSR count). The normalized spacial score (nSPS) is 19.0. The number of nitrogen functional groups attached to an aromatic ring is 1. The van der Waals surface area contributed by atoms with Crippen LogP contribution in [0.5, 0.6) is 0 Å². The van der Waals surface area contributed by atoms with Crippen molar-refractivity contribution in [3.8, 4) is 0 Å². The summed E-state index contributed by atoms with van der Waals surface area (Å²) in [6, 6.07) is 15.5. The number of anilines is 1. The van der Waals surface area contributed by atoms with E-state index in [2.05, 4.69) is 11.0 Å². The molecular formula is C18H21FN2. The third-order valence-electron chi connectivity index (χ3n) is 4.22. The molecule has 1 aliphatic rings. The Morgan fingerprint density at radius 2 is 1.90 bits per heavy atom. The molecule has 1 heterocycles. The first-order valence-corrected chi connectivity index (χ1v) is 7.53. The average molecular weight is 284 g/mol. The highest BCUT2D eigenvalue weighted by molar-refractivity contribution is 5.40. The van der Waals surface area contributed by atoms with Gasteiger partial charge in [-0.2, -0.15) is 0 Å². The van der Waals surface area contributed by atoms with Crippen molar-refractivity contribution in [3.05, 3.63) is 65.5 Å². The topological polar surface area (TPSA) is 29.3 Å². The first-order chi connectivity index (χ1) is 10.2. The molecule has 1 aliphatic heterocycles. The van der Waals surface area contributed by atoms with E-state index in [-0.39, 0.29) is 5.82 Å². The van der Waals surface area contributed by atoms with Crippen LogP contribution in [0.1, 0.15) is 24.0 Å². The largest absolute Gasteiger partial charge is 0.399 e. The molecule has 0 aliphatic carbocycles. The summed E-state index contributed by atoms with van der Waals surface area (Å²) in [4.78, 5) is 2.51. The van der Waals surface area contributed by atoms with Crippen LogP contribution in [0, 0.1) is 5.82 Å². The zero-order valence-corrected chi connectivity index (χ0v) is 12.1. The fourth-order valence-corrected chi connectivity index (χ4v) is 3.15. The number of hydrogen-bond donors (Lipinski definition) is 1. The number of nitrogens with two attached hydrogens (primary N) is 1. The summed E-state index contributed by atoms with van der Waals surface area (Å²) in [6.07, 6.45) is 3.43. The molecule has 0 radical (unpaired) electrons. The molecular weight excluding hydrogens is 263 g/mol. The van der Waals surface area contributed by atoms with E-state index >= 15 is 0 Å². The summed E-state index contributed by atoms with van der Waals surface area (Å²) in [7, 11) is 0. The monoisotopic (exact) mass is 284 g/mol. The number of halogens is 1. The molecule has 1 saturated heterocycles. The quantitative estimate of drug-likeness (QED) is 0.869. The van der Waals surface area contributed by atoms with Gasteiger partial charge in [0.15, 0.2) is 0 Å². The van der Waals surface area contributed by atoms with Gasteiger partial charge >= 0.3 is 0 Å². The fourth-order valence-electron chi connectivity index (χ4n) is 3.15. The van der Waals surface area contributed by atoms with Crippen LogP contribution in [0.15, 0.2) is 48.5 Å². The maximum atomic E-state index is 13.0. The highest BCUT2D eigenvalue weighted by atomic mass is 19.1. The van der Waals surface area contributed by atoms with Gasteiger partial charge in [0.2, 0.25) is 0 Å². The Morgan fingerprint density at radius 3 is 2.67 bits per heavy atom. The maximum absolute atomic E-state index is 13.0. The minimum atomic E-state index is -0.165. The zero-order valence-electron chi connectivity index (χ0n) is 12.1. The number of rotatable bonds is 4. The SMILES string of the molecule is Nc1cccc(CN2CCCC2Cc2ccc(F)cc2)c1. The molecule has 1 unspecified atom stereocenters. The second-order valence-electron chi connectivity index (χ2n) is 5.84. The Kier molecular flexibility index (Phi) is 4.20. The Bertz CT molecular complexity index is 594. The van der Waals surface area contributed by atoms with E-state index in [0.717, 1.165) is 25.2 Å². The van der Waals surface area contributed by atoms with Crippen LogP contribution in [0.3, 0.4) is 0 Å². The van der Waals surface area contributed by atoms with Gasteiger partial charge in [-0.25, -0.2) is 4.39 Å². The van der Waals surface area contributed by atoms with Crippen molar-refractivity contribution in [2.75, 3.05) is 12.3 Å². The van der Waals surface area contributed by atoms with Crippen LogP contribution in [0.25, 0.3) is 0 Å². The van der Waals surface area contributed by atoms with Crippen molar-refractivity contribution in [3.63, 3.8) is 0 Å². The molecule has 1 fully saturated rings. The van der Waals surface area contributed by atoms with Crippen LogP contribution < -0.4 is 5.73 Å². The van der Waals surface area contributed by atoms with E-state index in [1.54, 1.807) is 12.1 Å². The molecule has 2 aromatic carbocycles. The number of nitrogens with zero attached hydrogens (tertiary/aromatic N) is 1. The summed E-state index contributed by atoms with van der Waals surface area (Å²) in [5.74, 6) is -0.165. The van der Waals surface area contributed by atoms with E-state index in [4.69, 9.17) is 5.73 Å². The Hall–Kier alpha value is -1.87. The molecule has 3 heteroatoms. The molecule has 0 saturated carbocycles. The highest BCUT2D eigenvalue weighted by Gasteiger charge is 2.24. The van der Waals surface area contributed by atoms with Gasteiger partial charge < -0.3 is 5.73 Å². The van der Waals surface area contributed by atoms with Gasteiger partial charge in [-0.3, -0.25) is 4.90 Å². The van der Waals surface area contributed by atoms with E-state index in [0.29, 0.717) is 6.04 Å². The molecule has 0 spiro atoms. The van der Waals surface area contributed by atoms with Crippen molar-refractivity contribution in [2.45, 2.75) is 31.8 Å². The van der Waals surface area contributed by atoms with Gasteiger partial charge in [0.05, 0.1) is 0 Å². The van der Waals surface area contributed by atoms with Crippen LogP contribution in [0.2, 0.25) is 0 Å². The van der Waals surface area contributed by atoms with Crippen LogP contribution >= 0.6 is 0 Å². The number of benzene rings is 2. The molecule has 0 aromatic heterocycles. The molecule has 2 aromatic rings. The lowest BCUT2D eigenvalue weighted by atomic mass is 10.0.